The Morgan fingerprint density at radius 2 is 2.00 bits per heavy atom. The summed E-state index contributed by atoms with van der Waals surface area (Å²) in [7, 11) is 0. The highest BCUT2D eigenvalue weighted by Crippen LogP contribution is 2.18. The van der Waals surface area contributed by atoms with E-state index in [4.69, 9.17) is 4.74 Å². The van der Waals surface area contributed by atoms with Gasteiger partial charge in [-0.15, -0.1) is 10.2 Å². The second-order valence-electron chi connectivity index (χ2n) is 5.11. The molecule has 122 valence electrons. The van der Waals surface area contributed by atoms with Gasteiger partial charge in [0.15, 0.2) is 5.65 Å². The van der Waals surface area contributed by atoms with Gasteiger partial charge in [0, 0.05) is 11.8 Å². The number of pyridine rings is 1. The second kappa shape index (κ2) is 6.49. The average molecular weight is 324 g/mol. The van der Waals surface area contributed by atoms with Crippen LogP contribution in [0.4, 0.5) is 5.69 Å². The number of carbonyl (C=O) groups is 2. The molecule has 0 unspecified atom stereocenters. The summed E-state index contributed by atoms with van der Waals surface area (Å²) in [6, 6.07) is 10.0. The number of fused-ring (bicyclic) bond motifs is 1. The molecule has 0 aliphatic heterocycles. The topological polar surface area (TPSA) is 85.6 Å². The van der Waals surface area contributed by atoms with E-state index in [1.54, 1.807) is 53.9 Å². The molecule has 2 heterocycles. The SMILES string of the molecule is CCOC(=O)c1ccccc1NC(=O)c1ccn2c(C)nnc2c1. The minimum Gasteiger partial charge on any atom is -0.462 e. The quantitative estimate of drug-likeness (QED) is 0.745. The molecule has 0 aliphatic carbocycles. The second-order valence-corrected chi connectivity index (χ2v) is 5.11. The van der Waals surface area contributed by atoms with Crippen molar-refractivity contribution in [2.45, 2.75) is 13.8 Å². The van der Waals surface area contributed by atoms with Gasteiger partial charge in [-0.05, 0) is 38.1 Å². The molecule has 0 fully saturated rings. The number of ether oxygens (including phenoxy) is 1. The number of rotatable bonds is 4. The zero-order chi connectivity index (χ0) is 17.1. The third-order valence-corrected chi connectivity index (χ3v) is 3.51. The minimum absolute atomic E-state index is 0.268. The number of nitrogens with one attached hydrogen (secondary N) is 1. The Kier molecular flexibility index (Phi) is 4.24. The maximum atomic E-state index is 12.5. The van der Waals surface area contributed by atoms with E-state index in [0.717, 1.165) is 5.82 Å². The van der Waals surface area contributed by atoms with Crippen molar-refractivity contribution < 1.29 is 14.3 Å². The molecule has 0 saturated heterocycles. The third kappa shape index (κ3) is 2.96. The molecule has 1 amide bonds. The highest BCUT2D eigenvalue weighted by Gasteiger charge is 2.15. The lowest BCUT2D eigenvalue weighted by atomic mass is 10.1. The molecule has 1 N–H and O–H groups in total. The number of carbonyl (C=O) groups excluding carboxylic acids is 2. The Bertz CT molecular complexity index is 917. The standard InChI is InChI=1S/C17H16N4O3/c1-3-24-17(23)13-6-4-5-7-14(13)18-16(22)12-8-9-21-11(2)19-20-15(21)10-12/h4-10H,3H2,1-2H3,(H,18,22). The number of benzene rings is 1. The van der Waals surface area contributed by atoms with Crippen molar-refractivity contribution in [3.8, 4) is 0 Å². The van der Waals surface area contributed by atoms with Gasteiger partial charge < -0.3 is 10.1 Å². The van der Waals surface area contributed by atoms with Gasteiger partial charge in [0.2, 0.25) is 0 Å². The molecule has 0 bridgehead atoms. The number of hydrogen-bond acceptors (Lipinski definition) is 5. The van der Waals surface area contributed by atoms with Crippen molar-refractivity contribution in [2.24, 2.45) is 0 Å². The first-order chi connectivity index (χ1) is 11.6. The predicted molar refractivity (Wildman–Crippen MR) is 88.1 cm³/mol. The largest absolute Gasteiger partial charge is 0.462 e. The van der Waals surface area contributed by atoms with Crippen molar-refractivity contribution in [3.05, 3.63) is 59.5 Å². The Labute approximate surface area is 138 Å². The van der Waals surface area contributed by atoms with E-state index in [-0.39, 0.29) is 12.5 Å². The van der Waals surface area contributed by atoms with Gasteiger partial charge in [-0.3, -0.25) is 9.20 Å². The number of hydrogen-bond donors (Lipinski definition) is 1. The van der Waals surface area contributed by atoms with Crippen molar-refractivity contribution in [1.82, 2.24) is 14.6 Å². The lowest BCUT2D eigenvalue weighted by molar-refractivity contribution is 0.0527. The summed E-state index contributed by atoms with van der Waals surface area (Å²) in [6.45, 7) is 3.83. The fourth-order valence-corrected chi connectivity index (χ4v) is 2.33. The third-order valence-electron chi connectivity index (χ3n) is 3.51. The van der Waals surface area contributed by atoms with Crippen LogP contribution in [-0.4, -0.2) is 33.1 Å². The molecular weight excluding hydrogens is 308 g/mol. The van der Waals surface area contributed by atoms with Crippen LogP contribution < -0.4 is 5.32 Å². The lowest BCUT2D eigenvalue weighted by Gasteiger charge is -2.10. The number of aryl methyl sites for hydroxylation is 1. The Balaban J connectivity index is 1.87. The van der Waals surface area contributed by atoms with Crippen molar-refractivity contribution in [3.63, 3.8) is 0 Å². The maximum Gasteiger partial charge on any atom is 0.340 e. The van der Waals surface area contributed by atoms with Crippen LogP contribution in [0, 0.1) is 6.92 Å². The number of amides is 1. The molecule has 1 aromatic carbocycles. The van der Waals surface area contributed by atoms with Gasteiger partial charge in [-0.1, -0.05) is 12.1 Å². The van der Waals surface area contributed by atoms with Gasteiger partial charge in [0.1, 0.15) is 5.82 Å². The Morgan fingerprint density at radius 3 is 2.79 bits per heavy atom. The Hall–Kier alpha value is -3.22. The van der Waals surface area contributed by atoms with Crippen LogP contribution in [0.25, 0.3) is 5.65 Å². The van der Waals surface area contributed by atoms with E-state index in [0.29, 0.717) is 22.5 Å². The zero-order valence-electron chi connectivity index (χ0n) is 13.3. The van der Waals surface area contributed by atoms with Crippen LogP contribution >= 0.6 is 0 Å². The van der Waals surface area contributed by atoms with Crippen molar-refractivity contribution in [1.29, 1.82) is 0 Å². The van der Waals surface area contributed by atoms with E-state index >= 15 is 0 Å². The molecule has 7 nitrogen and oxygen atoms in total. The van der Waals surface area contributed by atoms with E-state index in [1.165, 1.54) is 0 Å². The maximum absolute atomic E-state index is 12.5. The molecule has 0 atom stereocenters. The van der Waals surface area contributed by atoms with E-state index in [2.05, 4.69) is 15.5 Å². The summed E-state index contributed by atoms with van der Waals surface area (Å²) in [5.74, 6) is -0.0727. The first-order valence-corrected chi connectivity index (χ1v) is 7.49. The number of nitrogens with zero attached hydrogens (tertiary/aromatic N) is 3. The van der Waals surface area contributed by atoms with Gasteiger partial charge in [0.25, 0.3) is 5.91 Å². The summed E-state index contributed by atoms with van der Waals surface area (Å²) in [5, 5.41) is 10.7. The molecule has 0 spiro atoms. The number of aromatic nitrogens is 3. The summed E-state index contributed by atoms with van der Waals surface area (Å²) >= 11 is 0. The molecule has 3 rings (SSSR count). The summed E-state index contributed by atoms with van der Waals surface area (Å²) in [6.07, 6.45) is 1.73. The number of para-hydroxylation sites is 1. The van der Waals surface area contributed by atoms with Crippen LogP contribution in [0.2, 0.25) is 0 Å². The van der Waals surface area contributed by atoms with Crippen molar-refractivity contribution in [2.75, 3.05) is 11.9 Å². The number of esters is 1. The fraction of sp³-hybridized carbons (Fsp3) is 0.176. The summed E-state index contributed by atoms with van der Waals surface area (Å²) in [5.41, 5.74) is 1.72. The predicted octanol–water partition coefficient (Wildman–Crippen LogP) is 2.47. The van der Waals surface area contributed by atoms with E-state index < -0.39 is 5.97 Å². The lowest BCUT2D eigenvalue weighted by Crippen LogP contribution is -2.16. The van der Waals surface area contributed by atoms with Crippen molar-refractivity contribution >= 4 is 23.2 Å². The normalized spacial score (nSPS) is 10.6. The smallest absolute Gasteiger partial charge is 0.340 e. The monoisotopic (exact) mass is 324 g/mol. The van der Waals surface area contributed by atoms with Gasteiger partial charge in [0.05, 0.1) is 17.9 Å². The molecule has 2 aromatic heterocycles. The van der Waals surface area contributed by atoms with Crippen LogP contribution in [-0.2, 0) is 4.74 Å². The Morgan fingerprint density at radius 1 is 1.21 bits per heavy atom. The van der Waals surface area contributed by atoms with Crippen LogP contribution in [0.3, 0.4) is 0 Å². The van der Waals surface area contributed by atoms with Crippen LogP contribution in [0.5, 0.6) is 0 Å². The van der Waals surface area contributed by atoms with E-state index in [9.17, 15) is 9.59 Å². The average Bonchev–Trinajstić information content (AvgIpc) is 2.96. The molecule has 0 saturated carbocycles. The fourth-order valence-electron chi connectivity index (χ4n) is 2.33. The van der Waals surface area contributed by atoms with Gasteiger partial charge >= 0.3 is 5.97 Å². The summed E-state index contributed by atoms with van der Waals surface area (Å²) in [4.78, 5) is 24.4. The molecule has 24 heavy (non-hydrogen) atoms. The first-order valence-electron chi connectivity index (χ1n) is 7.49. The zero-order valence-corrected chi connectivity index (χ0v) is 13.3. The molecule has 3 aromatic rings. The van der Waals surface area contributed by atoms with Gasteiger partial charge in [-0.2, -0.15) is 0 Å². The highest BCUT2D eigenvalue weighted by molar-refractivity contribution is 6.08. The first kappa shape index (κ1) is 15.7. The number of anilines is 1. The molecular formula is C17H16N4O3. The van der Waals surface area contributed by atoms with Crippen LogP contribution in [0.15, 0.2) is 42.6 Å². The molecule has 0 aliphatic rings. The van der Waals surface area contributed by atoms with E-state index in [1.807, 2.05) is 6.92 Å². The highest BCUT2D eigenvalue weighted by atomic mass is 16.5. The summed E-state index contributed by atoms with van der Waals surface area (Å²) < 4.78 is 6.79. The van der Waals surface area contributed by atoms with Gasteiger partial charge in [-0.25, -0.2) is 4.79 Å². The molecule has 0 radical (unpaired) electrons. The van der Waals surface area contributed by atoms with Crippen LogP contribution in [0.1, 0.15) is 33.5 Å². The molecule has 7 heteroatoms. The minimum atomic E-state index is -0.475.